The first-order valence-corrected chi connectivity index (χ1v) is 6.33. The lowest BCUT2D eigenvalue weighted by Crippen LogP contribution is -2.41. The molecule has 0 radical (unpaired) electrons. The Hall–Kier alpha value is -1.51. The SMILES string of the molecule is CC1CCCCC1NC(=O)c1ccc(N)cc1. The van der Waals surface area contributed by atoms with Crippen LogP contribution in [0.4, 0.5) is 5.69 Å². The molecule has 17 heavy (non-hydrogen) atoms. The molecular weight excluding hydrogens is 212 g/mol. The number of nitrogens with one attached hydrogen (secondary N) is 1. The first kappa shape index (κ1) is 12.0. The second-order valence-corrected chi connectivity index (χ2v) is 4.96. The van der Waals surface area contributed by atoms with Gasteiger partial charge >= 0.3 is 0 Å². The van der Waals surface area contributed by atoms with Crippen LogP contribution < -0.4 is 11.1 Å². The molecule has 1 aliphatic rings. The van der Waals surface area contributed by atoms with E-state index in [0.29, 0.717) is 23.2 Å². The van der Waals surface area contributed by atoms with Gasteiger partial charge in [0.25, 0.3) is 5.91 Å². The van der Waals surface area contributed by atoms with E-state index in [4.69, 9.17) is 5.73 Å². The highest BCUT2D eigenvalue weighted by atomic mass is 16.1. The minimum atomic E-state index is 0.0174. The predicted octanol–water partition coefficient (Wildman–Crippen LogP) is 2.58. The highest BCUT2D eigenvalue weighted by Crippen LogP contribution is 2.24. The number of carbonyl (C=O) groups excluding carboxylic acids is 1. The van der Waals surface area contributed by atoms with E-state index in [-0.39, 0.29) is 5.91 Å². The summed E-state index contributed by atoms with van der Waals surface area (Å²) in [6.45, 7) is 2.22. The van der Waals surface area contributed by atoms with E-state index in [1.807, 2.05) is 0 Å². The van der Waals surface area contributed by atoms with E-state index in [1.165, 1.54) is 19.3 Å². The Morgan fingerprint density at radius 2 is 1.88 bits per heavy atom. The maximum absolute atomic E-state index is 12.0. The van der Waals surface area contributed by atoms with Gasteiger partial charge in [0.2, 0.25) is 0 Å². The summed E-state index contributed by atoms with van der Waals surface area (Å²) in [6.07, 6.45) is 4.82. The predicted molar refractivity (Wildman–Crippen MR) is 69.7 cm³/mol. The number of benzene rings is 1. The van der Waals surface area contributed by atoms with E-state index >= 15 is 0 Å². The van der Waals surface area contributed by atoms with Crippen LogP contribution in [-0.2, 0) is 0 Å². The fourth-order valence-electron chi connectivity index (χ4n) is 2.42. The van der Waals surface area contributed by atoms with Gasteiger partial charge < -0.3 is 11.1 Å². The van der Waals surface area contributed by atoms with Crippen LogP contribution in [0.3, 0.4) is 0 Å². The normalized spacial score (nSPS) is 24.3. The molecule has 0 aromatic heterocycles. The Morgan fingerprint density at radius 3 is 2.53 bits per heavy atom. The summed E-state index contributed by atoms with van der Waals surface area (Å²) in [5.41, 5.74) is 6.98. The number of hydrogen-bond acceptors (Lipinski definition) is 2. The second kappa shape index (κ2) is 5.21. The molecule has 1 fully saturated rings. The van der Waals surface area contributed by atoms with Gasteiger partial charge in [-0.05, 0) is 43.0 Å². The molecule has 1 aromatic rings. The standard InChI is InChI=1S/C14H20N2O/c1-10-4-2-3-5-13(10)16-14(17)11-6-8-12(15)9-7-11/h6-10,13H,2-5,15H2,1H3,(H,16,17). The van der Waals surface area contributed by atoms with Gasteiger partial charge in [-0.15, -0.1) is 0 Å². The second-order valence-electron chi connectivity index (χ2n) is 4.96. The summed E-state index contributed by atoms with van der Waals surface area (Å²) in [5, 5.41) is 3.12. The fourth-order valence-corrected chi connectivity index (χ4v) is 2.42. The third-order valence-corrected chi connectivity index (χ3v) is 3.60. The lowest BCUT2D eigenvalue weighted by atomic mass is 9.86. The van der Waals surface area contributed by atoms with Crippen molar-refractivity contribution in [3.63, 3.8) is 0 Å². The van der Waals surface area contributed by atoms with Crippen molar-refractivity contribution in [3.8, 4) is 0 Å². The first-order valence-electron chi connectivity index (χ1n) is 6.33. The van der Waals surface area contributed by atoms with Crippen LogP contribution in [0.2, 0.25) is 0 Å². The number of nitrogens with two attached hydrogens (primary N) is 1. The third-order valence-electron chi connectivity index (χ3n) is 3.60. The molecule has 1 aromatic carbocycles. The van der Waals surface area contributed by atoms with E-state index < -0.39 is 0 Å². The van der Waals surface area contributed by atoms with Crippen molar-refractivity contribution in [1.82, 2.24) is 5.32 Å². The van der Waals surface area contributed by atoms with Gasteiger partial charge in [0.05, 0.1) is 0 Å². The van der Waals surface area contributed by atoms with Gasteiger partial charge in [-0.1, -0.05) is 19.8 Å². The molecule has 2 atom stereocenters. The maximum atomic E-state index is 12.0. The molecule has 92 valence electrons. The summed E-state index contributed by atoms with van der Waals surface area (Å²) >= 11 is 0. The topological polar surface area (TPSA) is 55.1 Å². The Kier molecular flexibility index (Phi) is 3.67. The van der Waals surface area contributed by atoms with E-state index in [2.05, 4.69) is 12.2 Å². The average Bonchev–Trinajstić information content (AvgIpc) is 2.33. The molecule has 3 nitrogen and oxygen atoms in total. The molecule has 1 saturated carbocycles. The van der Waals surface area contributed by atoms with Gasteiger partial charge in [-0.2, -0.15) is 0 Å². The summed E-state index contributed by atoms with van der Waals surface area (Å²) in [5.74, 6) is 0.602. The lowest BCUT2D eigenvalue weighted by molar-refractivity contribution is 0.0910. The molecule has 0 spiro atoms. The number of carbonyl (C=O) groups is 1. The van der Waals surface area contributed by atoms with Gasteiger partial charge in [0, 0.05) is 17.3 Å². The molecule has 2 rings (SSSR count). The summed E-state index contributed by atoms with van der Waals surface area (Å²) in [4.78, 5) is 12.0. The van der Waals surface area contributed by atoms with E-state index in [0.717, 1.165) is 6.42 Å². The lowest BCUT2D eigenvalue weighted by Gasteiger charge is -2.29. The molecule has 3 heteroatoms. The van der Waals surface area contributed by atoms with E-state index in [1.54, 1.807) is 24.3 Å². The van der Waals surface area contributed by atoms with E-state index in [9.17, 15) is 4.79 Å². The van der Waals surface area contributed by atoms with Crippen molar-refractivity contribution in [2.75, 3.05) is 5.73 Å². The molecule has 2 unspecified atom stereocenters. The average molecular weight is 232 g/mol. The maximum Gasteiger partial charge on any atom is 0.251 e. The monoisotopic (exact) mass is 232 g/mol. The molecule has 0 saturated heterocycles. The van der Waals surface area contributed by atoms with Gasteiger partial charge in [-0.25, -0.2) is 0 Å². The molecule has 0 heterocycles. The van der Waals surface area contributed by atoms with Crippen molar-refractivity contribution in [2.24, 2.45) is 5.92 Å². The van der Waals surface area contributed by atoms with Crippen LogP contribution in [0, 0.1) is 5.92 Å². The minimum Gasteiger partial charge on any atom is -0.399 e. The molecule has 3 N–H and O–H groups in total. The minimum absolute atomic E-state index is 0.0174. The smallest absolute Gasteiger partial charge is 0.251 e. The zero-order chi connectivity index (χ0) is 12.3. The van der Waals surface area contributed by atoms with Crippen LogP contribution in [0.15, 0.2) is 24.3 Å². The van der Waals surface area contributed by atoms with Crippen molar-refractivity contribution in [1.29, 1.82) is 0 Å². The Bertz CT molecular complexity index is 386. The zero-order valence-electron chi connectivity index (χ0n) is 10.3. The number of hydrogen-bond donors (Lipinski definition) is 2. The number of amides is 1. The Labute approximate surface area is 102 Å². The van der Waals surface area contributed by atoms with Crippen molar-refractivity contribution in [3.05, 3.63) is 29.8 Å². The van der Waals surface area contributed by atoms with Gasteiger partial charge in [0.1, 0.15) is 0 Å². The van der Waals surface area contributed by atoms with Crippen LogP contribution in [0.5, 0.6) is 0 Å². The zero-order valence-corrected chi connectivity index (χ0v) is 10.3. The molecule has 1 amide bonds. The Balaban J connectivity index is 1.98. The van der Waals surface area contributed by atoms with Crippen LogP contribution >= 0.6 is 0 Å². The van der Waals surface area contributed by atoms with Crippen LogP contribution in [-0.4, -0.2) is 11.9 Å². The largest absolute Gasteiger partial charge is 0.399 e. The van der Waals surface area contributed by atoms with Crippen LogP contribution in [0.25, 0.3) is 0 Å². The van der Waals surface area contributed by atoms with Crippen molar-refractivity contribution < 1.29 is 4.79 Å². The number of rotatable bonds is 2. The number of anilines is 1. The molecular formula is C14H20N2O. The molecule has 1 aliphatic carbocycles. The third kappa shape index (κ3) is 2.99. The van der Waals surface area contributed by atoms with Gasteiger partial charge in [0.15, 0.2) is 0 Å². The summed E-state index contributed by atoms with van der Waals surface area (Å²) < 4.78 is 0. The molecule has 0 bridgehead atoms. The summed E-state index contributed by atoms with van der Waals surface area (Å²) in [7, 11) is 0. The van der Waals surface area contributed by atoms with Crippen LogP contribution in [0.1, 0.15) is 43.0 Å². The first-order chi connectivity index (χ1) is 8.16. The molecule has 0 aliphatic heterocycles. The van der Waals surface area contributed by atoms with Crippen molar-refractivity contribution in [2.45, 2.75) is 38.6 Å². The quantitative estimate of drug-likeness (QED) is 0.770. The van der Waals surface area contributed by atoms with Gasteiger partial charge in [-0.3, -0.25) is 4.79 Å². The Morgan fingerprint density at radius 1 is 1.24 bits per heavy atom. The summed E-state index contributed by atoms with van der Waals surface area (Å²) in [6, 6.07) is 7.41. The highest BCUT2D eigenvalue weighted by Gasteiger charge is 2.22. The van der Waals surface area contributed by atoms with Crippen molar-refractivity contribution >= 4 is 11.6 Å². The number of nitrogen functional groups attached to an aromatic ring is 1. The highest BCUT2D eigenvalue weighted by molar-refractivity contribution is 5.94. The fraction of sp³-hybridized carbons (Fsp3) is 0.500.